The summed E-state index contributed by atoms with van der Waals surface area (Å²) in [7, 11) is 0. The van der Waals surface area contributed by atoms with Gasteiger partial charge in [0.25, 0.3) is 0 Å². The smallest absolute Gasteiger partial charge is 0.131 e. The average Bonchev–Trinajstić information content (AvgIpc) is 2.35. The van der Waals surface area contributed by atoms with E-state index in [1.54, 1.807) is 6.07 Å². The van der Waals surface area contributed by atoms with Crippen molar-refractivity contribution in [1.82, 2.24) is 5.32 Å². The van der Waals surface area contributed by atoms with Crippen LogP contribution in [0.4, 0.5) is 4.39 Å². The fraction of sp³-hybridized carbons (Fsp3) is 0.250. The molecule has 0 spiro atoms. The highest BCUT2D eigenvalue weighted by Crippen LogP contribution is 2.26. The summed E-state index contributed by atoms with van der Waals surface area (Å²) >= 11 is 0. The van der Waals surface area contributed by atoms with Crippen molar-refractivity contribution in [2.75, 3.05) is 13.1 Å². The van der Waals surface area contributed by atoms with Gasteiger partial charge in [-0.25, -0.2) is 4.39 Å². The third-order valence-corrected chi connectivity index (χ3v) is 3.34. The second-order valence-corrected chi connectivity index (χ2v) is 4.91. The Balaban J connectivity index is 1.81. The Bertz CT molecular complexity index is 576. The number of rotatable bonds is 3. The van der Waals surface area contributed by atoms with E-state index in [0.29, 0.717) is 5.56 Å². The summed E-state index contributed by atoms with van der Waals surface area (Å²) in [6, 6.07) is 12.9. The maximum atomic E-state index is 13.9. The number of hydrogen-bond acceptors (Lipinski definition) is 2. The molecule has 0 aliphatic carbocycles. The molecule has 1 aliphatic heterocycles. The van der Waals surface area contributed by atoms with E-state index in [1.807, 2.05) is 43.3 Å². The van der Waals surface area contributed by atoms with Gasteiger partial charge in [-0.2, -0.15) is 0 Å². The lowest BCUT2D eigenvalue weighted by Gasteiger charge is -2.27. The molecule has 1 heterocycles. The van der Waals surface area contributed by atoms with Crippen molar-refractivity contribution < 1.29 is 9.13 Å². The molecule has 3 heteroatoms. The molecule has 1 aliphatic rings. The number of benzene rings is 2. The van der Waals surface area contributed by atoms with Gasteiger partial charge in [-0.1, -0.05) is 24.3 Å². The zero-order valence-electron chi connectivity index (χ0n) is 10.8. The van der Waals surface area contributed by atoms with Crippen LogP contribution in [0.2, 0.25) is 0 Å². The number of aryl methyl sites for hydroxylation is 1. The predicted molar refractivity (Wildman–Crippen MR) is 73.9 cm³/mol. The van der Waals surface area contributed by atoms with E-state index in [4.69, 9.17) is 4.74 Å². The summed E-state index contributed by atoms with van der Waals surface area (Å²) in [5.41, 5.74) is 2.43. The molecule has 2 nitrogen and oxygen atoms in total. The van der Waals surface area contributed by atoms with Gasteiger partial charge in [0.2, 0.25) is 0 Å². The van der Waals surface area contributed by atoms with Crippen molar-refractivity contribution >= 4 is 0 Å². The Morgan fingerprint density at radius 2 is 1.84 bits per heavy atom. The topological polar surface area (TPSA) is 21.3 Å². The average molecular weight is 257 g/mol. The number of nitrogens with one attached hydrogen (secondary N) is 1. The van der Waals surface area contributed by atoms with E-state index in [9.17, 15) is 4.39 Å². The molecule has 2 aromatic rings. The van der Waals surface area contributed by atoms with Crippen LogP contribution in [-0.4, -0.2) is 19.2 Å². The first-order valence-electron chi connectivity index (χ1n) is 6.46. The monoisotopic (exact) mass is 257 g/mol. The van der Waals surface area contributed by atoms with Crippen LogP contribution in [0.15, 0.2) is 42.5 Å². The van der Waals surface area contributed by atoms with E-state index in [-0.39, 0.29) is 11.9 Å². The molecule has 19 heavy (non-hydrogen) atoms. The van der Waals surface area contributed by atoms with Crippen LogP contribution in [0.3, 0.4) is 0 Å². The molecule has 0 amide bonds. The Kier molecular flexibility index (Phi) is 3.22. The van der Waals surface area contributed by atoms with Gasteiger partial charge in [0.15, 0.2) is 0 Å². The second-order valence-electron chi connectivity index (χ2n) is 4.91. The van der Waals surface area contributed by atoms with Crippen molar-refractivity contribution in [2.45, 2.75) is 13.0 Å². The Morgan fingerprint density at radius 1 is 1.11 bits per heavy atom. The summed E-state index contributed by atoms with van der Waals surface area (Å²) in [5, 5.41) is 3.16. The highest BCUT2D eigenvalue weighted by Gasteiger charge is 2.18. The van der Waals surface area contributed by atoms with Gasteiger partial charge in [-0.15, -0.1) is 0 Å². The molecule has 0 radical (unpaired) electrons. The third-order valence-electron chi connectivity index (χ3n) is 3.34. The maximum Gasteiger partial charge on any atom is 0.131 e. The molecule has 0 atom stereocenters. The highest BCUT2D eigenvalue weighted by atomic mass is 19.1. The van der Waals surface area contributed by atoms with Crippen LogP contribution in [-0.2, 0) is 0 Å². The van der Waals surface area contributed by atoms with Crippen molar-refractivity contribution in [3.63, 3.8) is 0 Å². The largest absolute Gasteiger partial charge is 0.488 e. The molecule has 2 aromatic carbocycles. The summed E-state index contributed by atoms with van der Waals surface area (Å²) in [5.74, 6) is 0.652. The molecule has 0 saturated carbocycles. The molecule has 1 N–H and O–H groups in total. The van der Waals surface area contributed by atoms with Gasteiger partial charge < -0.3 is 10.1 Å². The van der Waals surface area contributed by atoms with Gasteiger partial charge in [0.05, 0.1) is 0 Å². The summed E-state index contributed by atoms with van der Waals surface area (Å²) in [4.78, 5) is 0. The first-order valence-corrected chi connectivity index (χ1v) is 6.46. The molecule has 0 unspecified atom stereocenters. The van der Waals surface area contributed by atoms with Crippen LogP contribution < -0.4 is 10.1 Å². The van der Waals surface area contributed by atoms with Crippen molar-refractivity contribution in [2.24, 2.45) is 0 Å². The van der Waals surface area contributed by atoms with Gasteiger partial charge in [-0.05, 0) is 36.2 Å². The molecule has 98 valence electrons. The zero-order valence-corrected chi connectivity index (χ0v) is 10.8. The van der Waals surface area contributed by atoms with Crippen molar-refractivity contribution in [3.8, 4) is 16.9 Å². The van der Waals surface area contributed by atoms with E-state index < -0.39 is 0 Å². The predicted octanol–water partition coefficient (Wildman–Crippen LogP) is 3.15. The SMILES string of the molecule is Cc1ccc(-c2ccc(OC3CNC3)cc2)c(F)c1. The van der Waals surface area contributed by atoms with Gasteiger partial charge >= 0.3 is 0 Å². The fourth-order valence-corrected chi connectivity index (χ4v) is 2.11. The minimum absolute atomic E-state index is 0.183. The Morgan fingerprint density at radius 3 is 2.42 bits per heavy atom. The lowest BCUT2D eigenvalue weighted by Crippen LogP contribution is -2.50. The maximum absolute atomic E-state index is 13.9. The fourth-order valence-electron chi connectivity index (χ4n) is 2.11. The summed E-state index contributed by atoms with van der Waals surface area (Å²) in [6.45, 7) is 3.68. The van der Waals surface area contributed by atoms with Gasteiger partial charge in [-0.3, -0.25) is 0 Å². The number of halogens is 1. The van der Waals surface area contributed by atoms with E-state index >= 15 is 0 Å². The van der Waals surface area contributed by atoms with E-state index in [0.717, 1.165) is 30.0 Å². The minimum Gasteiger partial charge on any atom is -0.488 e. The van der Waals surface area contributed by atoms with Gasteiger partial charge in [0.1, 0.15) is 17.7 Å². The minimum atomic E-state index is -0.183. The number of hydrogen-bond donors (Lipinski definition) is 1. The third kappa shape index (κ3) is 2.61. The molecule has 0 aromatic heterocycles. The summed E-state index contributed by atoms with van der Waals surface area (Å²) in [6.07, 6.45) is 0.266. The molecule has 0 bridgehead atoms. The highest BCUT2D eigenvalue weighted by molar-refractivity contribution is 5.65. The molecule has 1 fully saturated rings. The number of ether oxygens (including phenoxy) is 1. The quantitative estimate of drug-likeness (QED) is 0.912. The van der Waals surface area contributed by atoms with Crippen molar-refractivity contribution in [1.29, 1.82) is 0 Å². The standard InChI is InChI=1S/C16H16FNO/c1-11-2-7-15(16(17)8-11)12-3-5-13(6-4-12)19-14-9-18-10-14/h2-8,14,18H,9-10H2,1H3. The summed E-state index contributed by atoms with van der Waals surface area (Å²) < 4.78 is 19.6. The second kappa shape index (κ2) is 5.02. The molecule has 3 rings (SSSR count). The first-order chi connectivity index (χ1) is 9.22. The first kappa shape index (κ1) is 12.2. The van der Waals surface area contributed by atoms with Crippen LogP contribution >= 0.6 is 0 Å². The molecular formula is C16H16FNO. The lowest BCUT2D eigenvalue weighted by atomic mass is 10.0. The molecule has 1 saturated heterocycles. The molecular weight excluding hydrogens is 241 g/mol. The van der Waals surface area contributed by atoms with E-state index in [1.165, 1.54) is 0 Å². The Labute approximate surface area is 112 Å². The van der Waals surface area contributed by atoms with Crippen LogP contribution in [0.5, 0.6) is 5.75 Å². The normalized spacial score (nSPS) is 15.1. The van der Waals surface area contributed by atoms with Crippen LogP contribution in [0.25, 0.3) is 11.1 Å². The van der Waals surface area contributed by atoms with Gasteiger partial charge in [0, 0.05) is 18.7 Å². The zero-order chi connectivity index (χ0) is 13.2. The van der Waals surface area contributed by atoms with Crippen LogP contribution in [0.1, 0.15) is 5.56 Å². The van der Waals surface area contributed by atoms with Crippen molar-refractivity contribution in [3.05, 3.63) is 53.8 Å². The van der Waals surface area contributed by atoms with Crippen LogP contribution in [0, 0.1) is 12.7 Å². The lowest BCUT2D eigenvalue weighted by molar-refractivity contribution is 0.142. The Hall–Kier alpha value is -1.87. The van der Waals surface area contributed by atoms with E-state index in [2.05, 4.69) is 5.32 Å².